The van der Waals surface area contributed by atoms with Gasteiger partial charge in [-0.05, 0) is 30.5 Å². The summed E-state index contributed by atoms with van der Waals surface area (Å²) in [5.41, 5.74) is 1.24. The average molecular weight is 274 g/mol. The molecule has 0 spiro atoms. The zero-order chi connectivity index (χ0) is 14.5. The maximum Gasteiger partial charge on any atom is 0.208 e. The number of hydrogen-bond acceptors (Lipinski definition) is 4. The van der Waals surface area contributed by atoms with Gasteiger partial charge in [0, 0.05) is 6.04 Å². The van der Waals surface area contributed by atoms with E-state index in [0.29, 0.717) is 12.5 Å². The number of hydrogen-bond donors (Lipinski definition) is 1. The van der Waals surface area contributed by atoms with Crippen molar-refractivity contribution in [3.8, 4) is 5.75 Å². The van der Waals surface area contributed by atoms with Gasteiger partial charge >= 0.3 is 0 Å². The Morgan fingerprint density at radius 2 is 1.95 bits per heavy atom. The van der Waals surface area contributed by atoms with Gasteiger partial charge in [-0.1, -0.05) is 26.0 Å². The molecule has 0 aliphatic rings. The second-order valence-electron chi connectivity index (χ2n) is 5.24. The van der Waals surface area contributed by atoms with Crippen LogP contribution in [0.25, 0.3) is 0 Å². The molecule has 2 aromatic rings. The van der Waals surface area contributed by atoms with Gasteiger partial charge in [0.15, 0.2) is 0 Å². The Balaban J connectivity index is 2.06. The lowest BCUT2D eigenvalue weighted by atomic mass is 9.96. The first-order valence-corrected chi connectivity index (χ1v) is 6.88. The van der Waals surface area contributed by atoms with Crippen LogP contribution in [0.5, 0.6) is 5.75 Å². The van der Waals surface area contributed by atoms with E-state index < -0.39 is 0 Å². The summed E-state index contributed by atoms with van der Waals surface area (Å²) in [5, 5.41) is 3.51. The van der Waals surface area contributed by atoms with Crippen molar-refractivity contribution in [3.05, 3.63) is 47.7 Å². The van der Waals surface area contributed by atoms with Crippen molar-refractivity contribution < 1.29 is 9.15 Å². The Morgan fingerprint density at radius 3 is 2.45 bits per heavy atom. The van der Waals surface area contributed by atoms with Crippen molar-refractivity contribution in [2.75, 3.05) is 7.11 Å². The molecule has 0 bridgehead atoms. The van der Waals surface area contributed by atoms with Gasteiger partial charge in [-0.3, -0.25) is 0 Å². The number of nitrogens with zero attached hydrogens (tertiary/aromatic N) is 1. The van der Waals surface area contributed by atoms with Gasteiger partial charge in [-0.25, -0.2) is 4.98 Å². The molecule has 0 aliphatic carbocycles. The third-order valence-electron chi connectivity index (χ3n) is 3.28. The molecule has 0 fully saturated rings. The number of nitrogens with one attached hydrogen (secondary N) is 1. The number of methoxy groups -OCH3 is 1. The number of ether oxygens (including phenoxy) is 1. The summed E-state index contributed by atoms with van der Waals surface area (Å²) in [6, 6.07) is 8.42. The number of aromatic nitrogens is 1. The summed E-state index contributed by atoms with van der Waals surface area (Å²) >= 11 is 0. The molecule has 1 heterocycles. The minimum atomic E-state index is 0.258. The van der Waals surface area contributed by atoms with Gasteiger partial charge in [0.25, 0.3) is 0 Å². The highest BCUT2D eigenvalue weighted by atomic mass is 16.5. The monoisotopic (exact) mass is 274 g/mol. The van der Waals surface area contributed by atoms with Crippen LogP contribution >= 0.6 is 0 Å². The van der Waals surface area contributed by atoms with Crippen LogP contribution in [0.1, 0.15) is 37.1 Å². The van der Waals surface area contributed by atoms with E-state index in [1.54, 1.807) is 13.3 Å². The zero-order valence-corrected chi connectivity index (χ0v) is 12.5. The van der Waals surface area contributed by atoms with E-state index in [1.165, 1.54) is 5.56 Å². The SMILES string of the molecule is COc1ccc([C@H](NCc2ncc(C)o2)C(C)C)cc1. The van der Waals surface area contributed by atoms with Crippen LogP contribution in [-0.2, 0) is 6.54 Å². The molecule has 0 saturated carbocycles. The molecule has 0 radical (unpaired) electrons. The van der Waals surface area contributed by atoms with E-state index in [1.807, 2.05) is 19.1 Å². The molecule has 20 heavy (non-hydrogen) atoms. The number of rotatable bonds is 6. The number of aryl methyl sites for hydroxylation is 1. The summed E-state index contributed by atoms with van der Waals surface area (Å²) in [7, 11) is 1.68. The van der Waals surface area contributed by atoms with Crippen LogP contribution in [0.4, 0.5) is 0 Å². The molecule has 4 heteroatoms. The van der Waals surface area contributed by atoms with Crippen molar-refractivity contribution in [2.24, 2.45) is 5.92 Å². The molecule has 1 aromatic carbocycles. The van der Waals surface area contributed by atoms with Gasteiger partial charge < -0.3 is 14.5 Å². The summed E-state index contributed by atoms with van der Waals surface area (Å²) in [4.78, 5) is 4.22. The predicted octanol–water partition coefficient (Wildman–Crippen LogP) is 3.48. The zero-order valence-electron chi connectivity index (χ0n) is 12.5. The van der Waals surface area contributed by atoms with Gasteiger partial charge in [-0.15, -0.1) is 0 Å². The van der Waals surface area contributed by atoms with Gasteiger partial charge in [0.1, 0.15) is 11.5 Å². The van der Waals surface area contributed by atoms with E-state index in [-0.39, 0.29) is 6.04 Å². The third-order valence-corrected chi connectivity index (χ3v) is 3.28. The smallest absolute Gasteiger partial charge is 0.208 e. The lowest BCUT2D eigenvalue weighted by Crippen LogP contribution is -2.25. The fourth-order valence-corrected chi connectivity index (χ4v) is 2.23. The first-order chi connectivity index (χ1) is 9.60. The molecule has 108 valence electrons. The molecule has 0 amide bonds. The van der Waals surface area contributed by atoms with Crippen molar-refractivity contribution in [2.45, 2.75) is 33.4 Å². The quantitative estimate of drug-likeness (QED) is 0.876. The molecule has 1 N–H and O–H groups in total. The molecule has 1 atom stereocenters. The highest BCUT2D eigenvalue weighted by molar-refractivity contribution is 5.29. The third kappa shape index (κ3) is 3.61. The summed E-state index contributed by atoms with van der Waals surface area (Å²) in [5.74, 6) is 2.91. The van der Waals surface area contributed by atoms with Crippen LogP contribution in [0.2, 0.25) is 0 Å². The Labute approximate surface area is 120 Å². The maximum absolute atomic E-state index is 5.49. The van der Waals surface area contributed by atoms with Crippen molar-refractivity contribution in [3.63, 3.8) is 0 Å². The molecular weight excluding hydrogens is 252 g/mol. The second-order valence-corrected chi connectivity index (χ2v) is 5.24. The molecule has 0 saturated heterocycles. The minimum absolute atomic E-state index is 0.258. The predicted molar refractivity (Wildman–Crippen MR) is 78.7 cm³/mol. The fourth-order valence-electron chi connectivity index (χ4n) is 2.23. The molecule has 0 aliphatic heterocycles. The first-order valence-electron chi connectivity index (χ1n) is 6.88. The maximum atomic E-state index is 5.49. The minimum Gasteiger partial charge on any atom is -0.497 e. The summed E-state index contributed by atoms with van der Waals surface area (Å²) < 4.78 is 10.7. The molecule has 1 aromatic heterocycles. The van der Waals surface area contributed by atoms with Crippen LogP contribution in [0.3, 0.4) is 0 Å². The number of benzene rings is 1. The molecule has 4 nitrogen and oxygen atoms in total. The van der Waals surface area contributed by atoms with Gasteiger partial charge in [0.05, 0.1) is 19.9 Å². The number of oxazole rings is 1. The van der Waals surface area contributed by atoms with Crippen LogP contribution < -0.4 is 10.1 Å². The first kappa shape index (κ1) is 14.6. The Kier molecular flexibility index (Phi) is 4.79. The van der Waals surface area contributed by atoms with E-state index in [2.05, 4.69) is 36.3 Å². The van der Waals surface area contributed by atoms with Gasteiger partial charge in [-0.2, -0.15) is 0 Å². The fraction of sp³-hybridized carbons (Fsp3) is 0.438. The van der Waals surface area contributed by atoms with Crippen molar-refractivity contribution >= 4 is 0 Å². The van der Waals surface area contributed by atoms with E-state index in [9.17, 15) is 0 Å². The summed E-state index contributed by atoms with van der Waals surface area (Å²) in [6.07, 6.45) is 1.74. The van der Waals surface area contributed by atoms with Crippen LogP contribution in [-0.4, -0.2) is 12.1 Å². The Morgan fingerprint density at radius 1 is 1.25 bits per heavy atom. The standard InChI is InChI=1S/C16H22N2O2/c1-11(2)16(13-5-7-14(19-4)8-6-13)18-10-15-17-9-12(3)20-15/h5-9,11,16,18H,10H2,1-4H3/t16-/m1/s1. The molecule has 0 unspecified atom stereocenters. The van der Waals surface area contributed by atoms with E-state index in [4.69, 9.17) is 9.15 Å². The van der Waals surface area contributed by atoms with Gasteiger partial charge in [0.2, 0.25) is 5.89 Å². The largest absolute Gasteiger partial charge is 0.497 e. The van der Waals surface area contributed by atoms with Crippen LogP contribution in [0.15, 0.2) is 34.9 Å². The highest BCUT2D eigenvalue weighted by Gasteiger charge is 2.16. The van der Waals surface area contributed by atoms with Crippen LogP contribution in [0, 0.1) is 12.8 Å². The molecular formula is C16H22N2O2. The van der Waals surface area contributed by atoms with E-state index >= 15 is 0 Å². The lowest BCUT2D eigenvalue weighted by Gasteiger charge is -2.22. The average Bonchev–Trinajstić information content (AvgIpc) is 2.85. The lowest BCUT2D eigenvalue weighted by molar-refractivity contribution is 0.372. The topological polar surface area (TPSA) is 47.3 Å². The van der Waals surface area contributed by atoms with E-state index in [0.717, 1.165) is 17.4 Å². The van der Waals surface area contributed by atoms with Crippen molar-refractivity contribution in [1.82, 2.24) is 10.3 Å². The van der Waals surface area contributed by atoms with Crippen molar-refractivity contribution in [1.29, 1.82) is 0 Å². The normalized spacial score (nSPS) is 12.7. The molecule has 2 rings (SSSR count). The Bertz CT molecular complexity index is 532. The second kappa shape index (κ2) is 6.57. The highest BCUT2D eigenvalue weighted by Crippen LogP contribution is 2.24. The summed E-state index contributed by atoms with van der Waals surface area (Å²) in [6.45, 7) is 6.92. The Hall–Kier alpha value is -1.81.